The van der Waals surface area contributed by atoms with Crippen LogP contribution in [-0.2, 0) is 39.9 Å². The number of carbonyl (C=O) groups is 7. The van der Waals surface area contributed by atoms with Crippen molar-refractivity contribution in [1.29, 1.82) is 0 Å². The van der Waals surface area contributed by atoms with Crippen molar-refractivity contribution in [2.24, 2.45) is 23.7 Å². The van der Waals surface area contributed by atoms with Gasteiger partial charge in [-0.05, 0) is 130 Å². The van der Waals surface area contributed by atoms with Crippen LogP contribution in [0, 0.1) is 40.7 Å². The lowest BCUT2D eigenvalue weighted by Gasteiger charge is -2.11. The summed E-state index contributed by atoms with van der Waals surface area (Å²) in [4.78, 5) is 95.3. The highest BCUT2D eigenvalue weighted by atomic mass is 16.6. The summed E-state index contributed by atoms with van der Waals surface area (Å²) in [5.74, 6) is -0.366. The average molecular weight is 1120 g/mol. The fourth-order valence-corrected chi connectivity index (χ4v) is 11.7. The molecule has 424 valence electrons. The van der Waals surface area contributed by atoms with E-state index in [1.807, 2.05) is 143 Å². The molecule has 4 unspecified atom stereocenters. The van der Waals surface area contributed by atoms with Crippen LogP contribution in [0.1, 0.15) is 128 Å². The molecule has 0 bridgehead atoms. The molecule has 0 aliphatic heterocycles. The van der Waals surface area contributed by atoms with Gasteiger partial charge in [-0.2, -0.15) is 0 Å². The largest absolute Gasteiger partial charge is 0.465 e. The molecule has 12 rings (SSSR count). The number of nitro benzene ring substituents is 1. The number of Topliss-reactive ketones (excluding diaryl/α,β-unsaturated/α-hetero) is 4. The lowest BCUT2D eigenvalue weighted by molar-refractivity contribution is -0.385. The minimum atomic E-state index is -0.387. The van der Waals surface area contributed by atoms with Crippen molar-refractivity contribution in [3.63, 3.8) is 0 Å². The molecule has 0 heterocycles. The van der Waals surface area contributed by atoms with E-state index in [1.165, 1.54) is 21.3 Å². The van der Waals surface area contributed by atoms with Crippen LogP contribution in [0.15, 0.2) is 164 Å². The van der Waals surface area contributed by atoms with Crippen LogP contribution in [0.2, 0.25) is 0 Å². The second-order valence-electron chi connectivity index (χ2n) is 21.7. The Morgan fingerprint density at radius 2 is 0.774 bits per heavy atom. The van der Waals surface area contributed by atoms with Gasteiger partial charge in [0.2, 0.25) is 0 Å². The van der Waals surface area contributed by atoms with Gasteiger partial charge in [-0.15, -0.1) is 0 Å². The number of hydrogen-bond acceptors (Lipinski definition) is 12. The highest BCUT2D eigenvalue weighted by Crippen LogP contribution is 2.40. The summed E-state index contributed by atoms with van der Waals surface area (Å²) >= 11 is 0. The summed E-state index contributed by atoms with van der Waals surface area (Å²) in [6.07, 6.45) is 3.11. The third-order valence-corrected chi connectivity index (χ3v) is 16.0. The first-order chi connectivity index (χ1) is 40.3. The average Bonchev–Trinajstić information content (AvgIpc) is 2.54. The van der Waals surface area contributed by atoms with Gasteiger partial charge in [0.1, 0.15) is 0 Å². The van der Waals surface area contributed by atoms with E-state index in [9.17, 15) is 43.7 Å². The number of aryl methyl sites for hydroxylation is 1. The zero-order valence-electron chi connectivity index (χ0n) is 48.1. The molecule has 0 fully saturated rings. The lowest BCUT2D eigenvalue weighted by atomic mass is 9.93. The van der Waals surface area contributed by atoms with E-state index in [4.69, 9.17) is 14.2 Å². The molecular formula is C71H63NO12. The molecule has 13 nitrogen and oxygen atoms in total. The predicted octanol–water partition coefficient (Wildman–Crippen LogP) is 14.5. The van der Waals surface area contributed by atoms with Gasteiger partial charge in [-0.1, -0.05) is 155 Å². The first-order valence-corrected chi connectivity index (χ1v) is 27.8. The Morgan fingerprint density at radius 1 is 0.405 bits per heavy atom. The molecule has 0 radical (unpaired) electrons. The van der Waals surface area contributed by atoms with E-state index in [1.54, 1.807) is 55.5 Å². The Kier molecular flexibility index (Phi) is 17.6. The fraction of sp³-hybridized carbons (Fsp3) is 0.225. The van der Waals surface area contributed by atoms with Crippen LogP contribution in [0.25, 0.3) is 44.5 Å². The Bertz CT molecular complexity index is 3970. The van der Waals surface area contributed by atoms with Crippen LogP contribution >= 0.6 is 0 Å². The maximum absolute atomic E-state index is 12.4. The molecule has 84 heavy (non-hydrogen) atoms. The number of ether oxygens (including phenoxy) is 3. The number of carbonyl (C=O) groups excluding carboxylic acids is 7. The molecule has 0 N–H and O–H groups in total. The van der Waals surface area contributed by atoms with Gasteiger partial charge < -0.3 is 14.2 Å². The maximum atomic E-state index is 12.4. The highest BCUT2D eigenvalue weighted by Gasteiger charge is 2.34. The first kappa shape index (κ1) is 58.9. The summed E-state index contributed by atoms with van der Waals surface area (Å²) in [6.45, 7) is 9.50. The van der Waals surface area contributed by atoms with Gasteiger partial charge in [0, 0.05) is 57.6 Å². The molecule has 0 amide bonds. The number of nitro groups is 1. The number of fused-ring (bicyclic) bond motifs is 4. The third kappa shape index (κ3) is 11.8. The van der Waals surface area contributed by atoms with E-state index in [-0.39, 0.29) is 75.3 Å². The monoisotopic (exact) mass is 1120 g/mol. The Hall–Kier alpha value is -9.75. The quantitative estimate of drug-likeness (QED) is 0.0606. The standard InChI is InChI=1S/3C18H16O3.C17H15NO3/c1-11-9-13-6-4-8-15(16(13)17(11)19)12-5-3-7-14(10-12)18(20)21-2;1-11-10-12-6-5-9-14(16(12)17(11)19)13-7-3-4-8-15(13)18(20)21-2;1-11-10-14-4-3-5-15(16(14)17(11)19)12-6-8-13(9-7-12)18(20)21-2;1-10-6-7-12(9-15(10)18(20)21)14-5-3-4-13-8-11(2)17(19)16(13)14/h3-8,10-11H,9H2,1-2H3;2*3-9,11H,10H2,1-2H3;3-7,9,11H,8H2,1-2H3. The van der Waals surface area contributed by atoms with E-state index in [0.29, 0.717) is 22.3 Å². The van der Waals surface area contributed by atoms with E-state index in [2.05, 4.69) is 0 Å². The molecule has 4 aliphatic rings. The molecule has 0 aromatic heterocycles. The molecule has 13 heteroatoms. The second kappa shape index (κ2) is 25.2. The molecule has 4 aliphatic carbocycles. The molecule has 8 aromatic rings. The summed E-state index contributed by atoms with van der Waals surface area (Å²) in [5, 5.41) is 11.1. The van der Waals surface area contributed by atoms with Crippen molar-refractivity contribution in [2.75, 3.05) is 21.3 Å². The Morgan fingerprint density at radius 3 is 1.23 bits per heavy atom. The van der Waals surface area contributed by atoms with Crippen molar-refractivity contribution in [3.05, 3.63) is 241 Å². The minimum absolute atomic E-state index is 0.00596. The fourth-order valence-electron chi connectivity index (χ4n) is 11.7. The van der Waals surface area contributed by atoms with Crippen LogP contribution in [-0.4, -0.2) is 67.3 Å². The van der Waals surface area contributed by atoms with Crippen molar-refractivity contribution in [1.82, 2.24) is 0 Å². The number of rotatable bonds is 8. The zero-order chi connectivity index (χ0) is 60.1. The number of benzene rings is 8. The molecule has 0 spiro atoms. The molecule has 0 saturated carbocycles. The summed E-state index contributed by atoms with van der Waals surface area (Å²) in [7, 11) is 4.09. The second-order valence-corrected chi connectivity index (χ2v) is 21.7. The van der Waals surface area contributed by atoms with Gasteiger partial charge in [0.25, 0.3) is 5.69 Å². The van der Waals surface area contributed by atoms with Crippen LogP contribution in [0.5, 0.6) is 0 Å². The summed E-state index contributed by atoms with van der Waals surface area (Å²) < 4.78 is 14.3. The van der Waals surface area contributed by atoms with Crippen LogP contribution in [0.4, 0.5) is 5.69 Å². The van der Waals surface area contributed by atoms with Crippen LogP contribution in [0.3, 0.4) is 0 Å². The van der Waals surface area contributed by atoms with Crippen molar-refractivity contribution < 1.29 is 52.7 Å². The molecule has 0 saturated heterocycles. The first-order valence-electron chi connectivity index (χ1n) is 27.8. The number of ketones is 4. The van der Waals surface area contributed by atoms with Crippen molar-refractivity contribution in [3.8, 4) is 44.5 Å². The lowest BCUT2D eigenvalue weighted by Crippen LogP contribution is -2.07. The Balaban J connectivity index is 0.000000134. The number of esters is 3. The zero-order valence-corrected chi connectivity index (χ0v) is 48.1. The van der Waals surface area contributed by atoms with Crippen molar-refractivity contribution in [2.45, 2.75) is 60.3 Å². The van der Waals surface area contributed by atoms with Gasteiger partial charge in [-0.3, -0.25) is 29.3 Å². The van der Waals surface area contributed by atoms with Gasteiger partial charge in [-0.25, -0.2) is 14.4 Å². The van der Waals surface area contributed by atoms with Crippen LogP contribution < -0.4 is 0 Å². The van der Waals surface area contributed by atoms with Gasteiger partial charge in [0.05, 0.1) is 42.9 Å². The topological polar surface area (TPSA) is 190 Å². The number of hydrogen-bond donors (Lipinski definition) is 0. The van der Waals surface area contributed by atoms with Crippen molar-refractivity contribution >= 4 is 46.7 Å². The normalized spacial score (nSPS) is 16.7. The van der Waals surface area contributed by atoms with E-state index >= 15 is 0 Å². The predicted molar refractivity (Wildman–Crippen MR) is 322 cm³/mol. The minimum Gasteiger partial charge on any atom is -0.465 e. The number of methoxy groups -OCH3 is 3. The molecular weight excluding hydrogens is 1060 g/mol. The maximum Gasteiger partial charge on any atom is 0.338 e. The third-order valence-electron chi connectivity index (χ3n) is 16.0. The smallest absolute Gasteiger partial charge is 0.338 e. The summed E-state index contributed by atoms with van der Waals surface area (Å²) in [6, 6.07) is 50.2. The highest BCUT2D eigenvalue weighted by molar-refractivity contribution is 6.11. The molecule has 4 atom stereocenters. The summed E-state index contributed by atoms with van der Waals surface area (Å²) in [5.41, 5.74) is 16.4. The molecule has 8 aromatic carbocycles. The SMILES string of the molecule is COC(=O)c1ccc(-c2cccc3c2C(=O)C(C)C3)cc1.COC(=O)c1cccc(-c2cccc3c2C(=O)C(C)C3)c1.COC(=O)c1ccccc1-c1cccc2c1C(=O)C(C)C2.Cc1ccc(-c2cccc3c2C(=O)C(C)C3)cc1[N+](=O)[O-]. The van der Waals surface area contributed by atoms with E-state index < -0.39 is 0 Å². The number of nitrogens with zero attached hydrogens (tertiary/aromatic N) is 1. The Labute approximate surface area is 487 Å². The van der Waals surface area contributed by atoms with Gasteiger partial charge >= 0.3 is 17.9 Å². The van der Waals surface area contributed by atoms with Gasteiger partial charge in [0.15, 0.2) is 23.1 Å². The van der Waals surface area contributed by atoms with E-state index in [0.717, 1.165) is 115 Å².